The third-order valence-corrected chi connectivity index (χ3v) is 3.72. The summed E-state index contributed by atoms with van der Waals surface area (Å²) in [7, 11) is 4.08. The van der Waals surface area contributed by atoms with Crippen molar-refractivity contribution < 1.29 is 4.79 Å². The molecule has 0 radical (unpaired) electrons. The Morgan fingerprint density at radius 3 is 2.59 bits per heavy atom. The molecule has 17 heavy (non-hydrogen) atoms. The van der Waals surface area contributed by atoms with Gasteiger partial charge in [0.1, 0.15) is 0 Å². The van der Waals surface area contributed by atoms with Crippen LogP contribution in [0.4, 0.5) is 0 Å². The van der Waals surface area contributed by atoms with Crippen LogP contribution in [0.15, 0.2) is 0 Å². The van der Waals surface area contributed by atoms with E-state index in [0.29, 0.717) is 24.8 Å². The number of nitrogens with zero attached hydrogens (tertiary/aromatic N) is 2. The summed E-state index contributed by atoms with van der Waals surface area (Å²) in [4.78, 5) is 16.2. The Kier molecular flexibility index (Phi) is 5.92. The maximum Gasteiger partial charge on any atom is 0.222 e. The third kappa shape index (κ3) is 5.04. The van der Waals surface area contributed by atoms with Crippen molar-refractivity contribution in [1.29, 1.82) is 0 Å². The molecule has 4 heteroatoms. The predicted molar refractivity (Wildman–Crippen MR) is 70.7 cm³/mol. The molecule has 1 aliphatic rings. The Bertz CT molecular complexity index is 237. The van der Waals surface area contributed by atoms with Crippen molar-refractivity contribution in [3.63, 3.8) is 0 Å². The van der Waals surface area contributed by atoms with Crippen molar-refractivity contribution in [3.05, 3.63) is 0 Å². The molecule has 4 nitrogen and oxygen atoms in total. The highest BCUT2D eigenvalue weighted by Crippen LogP contribution is 2.17. The van der Waals surface area contributed by atoms with Crippen LogP contribution < -0.4 is 5.73 Å². The lowest BCUT2D eigenvalue weighted by Crippen LogP contribution is -2.38. The summed E-state index contributed by atoms with van der Waals surface area (Å²) in [6, 6.07) is 0. The summed E-state index contributed by atoms with van der Waals surface area (Å²) in [5, 5.41) is 0. The summed E-state index contributed by atoms with van der Waals surface area (Å²) in [6.07, 6.45) is 3.00. The zero-order chi connectivity index (χ0) is 12.8. The lowest BCUT2D eigenvalue weighted by Gasteiger charge is -2.32. The van der Waals surface area contributed by atoms with E-state index in [9.17, 15) is 4.79 Å². The summed E-state index contributed by atoms with van der Waals surface area (Å²) in [5.74, 6) is 1.21. The Morgan fingerprint density at radius 1 is 1.47 bits per heavy atom. The van der Waals surface area contributed by atoms with Gasteiger partial charge in [-0.2, -0.15) is 0 Å². The molecule has 0 bridgehead atoms. The smallest absolute Gasteiger partial charge is 0.222 e. The molecule has 1 aliphatic heterocycles. The fourth-order valence-corrected chi connectivity index (χ4v) is 2.27. The van der Waals surface area contributed by atoms with Crippen LogP contribution in [0.2, 0.25) is 0 Å². The summed E-state index contributed by atoms with van der Waals surface area (Å²) >= 11 is 0. The molecule has 2 N–H and O–H groups in total. The maximum absolute atomic E-state index is 11.9. The summed E-state index contributed by atoms with van der Waals surface area (Å²) in [5.41, 5.74) is 5.54. The van der Waals surface area contributed by atoms with Crippen LogP contribution >= 0.6 is 0 Å². The van der Waals surface area contributed by atoms with E-state index in [0.717, 1.165) is 19.6 Å². The number of hydrogen-bond donors (Lipinski definition) is 1. The maximum atomic E-state index is 11.9. The molecule has 1 atom stereocenters. The highest BCUT2D eigenvalue weighted by molar-refractivity contribution is 5.76. The molecule has 0 aromatic rings. The Hall–Kier alpha value is -0.610. The first-order valence-corrected chi connectivity index (χ1v) is 6.65. The molecule has 0 aromatic carbocycles. The minimum absolute atomic E-state index is 0.238. The largest absolute Gasteiger partial charge is 0.345 e. The Balaban J connectivity index is 2.28. The van der Waals surface area contributed by atoms with Gasteiger partial charge in [0.05, 0.1) is 0 Å². The van der Waals surface area contributed by atoms with Crippen molar-refractivity contribution in [2.75, 3.05) is 40.3 Å². The number of nitrogens with two attached hydrogens (primary N) is 1. The molecule has 0 aromatic heterocycles. The topological polar surface area (TPSA) is 49.6 Å². The second-order valence-corrected chi connectivity index (χ2v) is 5.57. The van der Waals surface area contributed by atoms with Gasteiger partial charge < -0.3 is 15.5 Å². The lowest BCUT2D eigenvalue weighted by molar-refractivity contribution is -0.131. The number of hydrogen-bond acceptors (Lipinski definition) is 3. The van der Waals surface area contributed by atoms with Crippen LogP contribution in [0.25, 0.3) is 0 Å². The van der Waals surface area contributed by atoms with E-state index in [2.05, 4.69) is 11.9 Å². The van der Waals surface area contributed by atoms with Gasteiger partial charge in [0.2, 0.25) is 5.91 Å². The fraction of sp³-hybridized carbons (Fsp3) is 0.923. The third-order valence-electron chi connectivity index (χ3n) is 3.72. The van der Waals surface area contributed by atoms with Gasteiger partial charge >= 0.3 is 0 Å². The van der Waals surface area contributed by atoms with E-state index in [1.165, 1.54) is 12.8 Å². The molecule has 0 spiro atoms. The van der Waals surface area contributed by atoms with Crippen LogP contribution in [-0.2, 0) is 4.79 Å². The van der Waals surface area contributed by atoms with Gasteiger partial charge in [-0.25, -0.2) is 0 Å². The van der Waals surface area contributed by atoms with Gasteiger partial charge in [0.25, 0.3) is 0 Å². The van der Waals surface area contributed by atoms with Gasteiger partial charge in [-0.15, -0.1) is 0 Å². The summed E-state index contributed by atoms with van der Waals surface area (Å²) < 4.78 is 0. The molecule has 1 amide bonds. The molecule has 1 heterocycles. The number of rotatable bonds is 5. The Labute approximate surface area is 105 Å². The van der Waals surface area contributed by atoms with E-state index >= 15 is 0 Å². The van der Waals surface area contributed by atoms with Crippen molar-refractivity contribution in [1.82, 2.24) is 9.80 Å². The lowest BCUT2D eigenvalue weighted by atomic mass is 9.96. The zero-order valence-corrected chi connectivity index (χ0v) is 11.5. The van der Waals surface area contributed by atoms with Crippen LogP contribution in [0.5, 0.6) is 0 Å². The van der Waals surface area contributed by atoms with Crippen LogP contribution in [-0.4, -0.2) is 56.0 Å². The summed E-state index contributed by atoms with van der Waals surface area (Å²) in [6.45, 7) is 5.84. The normalized spacial score (nSPS) is 20.2. The van der Waals surface area contributed by atoms with Crippen LogP contribution in [0.3, 0.4) is 0 Å². The van der Waals surface area contributed by atoms with Gasteiger partial charge in [-0.3, -0.25) is 4.79 Å². The molecule has 1 fully saturated rings. The van der Waals surface area contributed by atoms with Crippen molar-refractivity contribution in [3.8, 4) is 0 Å². The second kappa shape index (κ2) is 6.97. The molecule has 1 rings (SSSR count). The number of carbonyl (C=O) groups excluding carboxylic acids is 1. The van der Waals surface area contributed by atoms with Gasteiger partial charge in [-0.05, 0) is 51.4 Å². The molecular weight excluding hydrogens is 214 g/mol. The van der Waals surface area contributed by atoms with Crippen molar-refractivity contribution >= 4 is 5.91 Å². The molecule has 1 saturated heterocycles. The zero-order valence-electron chi connectivity index (χ0n) is 11.5. The average molecular weight is 241 g/mol. The minimum Gasteiger partial charge on any atom is -0.345 e. The molecular formula is C13H27N3O. The van der Waals surface area contributed by atoms with Crippen LogP contribution in [0.1, 0.15) is 26.2 Å². The van der Waals surface area contributed by atoms with Gasteiger partial charge in [0.15, 0.2) is 0 Å². The average Bonchev–Trinajstić information content (AvgIpc) is 2.31. The number of piperidine rings is 1. The predicted octanol–water partition coefficient (Wildman–Crippen LogP) is 0.772. The first kappa shape index (κ1) is 14.5. The second-order valence-electron chi connectivity index (χ2n) is 5.57. The highest BCUT2D eigenvalue weighted by Gasteiger charge is 2.20. The van der Waals surface area contributed by atoms with E-state index in [4.69, 9.17) is 5.73 Å². The van der Waals surface area contributed by atoms with Crippen molar-refractivity contribution in [2.24, 2.45) is 17.6 Å². The highest BCUT2D eigenvalue weighted by atomic mass is 16.2. The van der Waals surface area contributed by atoms with E-state index < -0.39 is 0 Å². The SMILES string of the molecule is CC(CN)CC(=O)N(C)CC1CCN(C)CC1. The van der Waals surface area contributed by atoms with E-state index in [-0.39, 0.29) is 5.91 Å². The van der Waals surface area contributed by atoms with E-state index in [1.54, 1.807) is 0 Å². The van der Waals surface area contributed by atoms with Crippen LogP contribution in [0, 0.1) is 11.8 Å². The first-order chi connectivity index (χ1) is 8.02. The monoisotopic (exact) mass is 241 g/mol. The van der Waals surface area contributed by atoms with Gasteiger partial charge in [0, 0.05) is 20.0 Å². The van der Waals surface area contributed by atoms with Crippen molar-refractivity contribution in [2.45, 2.75) is 26.2 Å². The number of likely N-dealkylation sites (tertiary alicyclic amines) is 1. The quantitative estimate of drug-likeness (QED) is 0.773. The van der Waals surface area contributed by atoms with Gasteiger partial charge in [-0.1, -0.05) is 6.92 Å². The first-order valence-electron chi connectivity index (χ1n) is 6.65. The standard InChI is InChI=1S/C13H27N3O/c1-11(9-14)8-13(17)16(3)10-12-4-6-15(2)7-5-12/h11-12H,4-10,14H2,1-3H3. The number of carbonyl (C=O) groups is 1. The van der Waals surface area contributed by atoms with E-state index in [1.807, 2.05) is 18.9 Å². The fourth-order valence-electron chi connectivity index (χ4n) is 2.27. The molecule has 0 aliphatic carbocycles. The molecule has 0 saturated carbocycles. The number of amides is 1. The molecule has 1 unspecified atom stereocenters. The molecule has 100 valence electrons. The Morgan fingerprint density at radius 2 is 2.06 bits per heavy atom. The minimum atomic E-state index is 0.238.